The molecule has 142 valence electrons. The third kappa shape index (κ3) is 3.67. The van der Waals surface area contributed by atoms with Gasteiger partial charge >= 0.3 is 0 Å². The third-order valence-corrected chi connectivity index (χ3v) is 5.83. The van der Waals surface area contributed by atoms with E-state index in [0.717, 1.165) is 22.5 Å². The van der Waals surface area contributed by atoms with Crippen molar-refractivity contribution in [3.8, 4) is 11.3 Å². The Morgan fingerprint density at radius 3 is 2.82 bits per heavy atom. The smallest absolute Gasteiger partial charge is 0.186 e. The van der Waals surface area contributed by atoms with Gasteiger partial charge in [0.15, 0.2) is 11.6 Å². The van der Waals surface area contributed by atoms with Crippen molar-refractivity contribution in [2.45, 2.75) is 6.54 Å². The van der Waals surface area contributed by atoms with Crippen LogP contribution < -0.4 is 21.9 Å². The molecule has 0 atom stereocenters. The molecule has 0 fully saturated rings. The standard InChI is InChI=1S/C20H22N7P/c1-28(2)16-5-3-4-15(10-16)17-11-24-19(21)20(25-17)27(22)13-14-6-7-18-23-8-9-26(18)12-14/h3-12H,13,22H2,1-2H3,(H2,21,24). The Hall–Kier alpha value is -3.02. The summed E-state index contributed by atoms with van der Waals surface area (Å²) >= 11 is 0. The minimum Gasteiger partial charge on any atom is -0.381 e. The lowest BCUT2D eigenvalue weighted by atomic mass is 10.1. The summed E-state index contributed by atoms with van der Waals surface area (Å²) in [4.78, 5) is 13.3. The highest BCUT2D eigenvalue weighted by Gasteiger charge is 2.13. The van der Waals surface area contributed by atoms with Crippen LogP contribution in [-0.4, -0.2) is 32.7 Å². The summed E-state index contributed by atoms with van der Waals surface area (Å²) < 4.78 is 1.95. The maximum absolute atomic E-state index is 6.30. The van der Waals surface area contributed by atoms with E-state index in [0.29, 0.717) is 18.2 Å². The monoisotopic (exact) mass is 391 g/mol. The molecule has 0 aliphatic rings. The molecule has 1 aromatic carbocycles. The Labute approximate surface area is 164 Å². The van der Waals surface area contributed by atoms with Crippen LogP contribution in [0.4, 0.5) is 11.6 Å². The Kier molecular flexibility index (Phi) is 4.94. The Bertz CT molecular complexity index is 1120. The number of rotatable bonds is 5. The van der Waals surface area contributed by atoms with Crippen LogP contribution in [0, 0.1) is 0 Å². The van der Waals surface area contributed by atoms with E-state index in [2.05, 4.69) is 35.4 Å². The van der Waals surface area contributed by atoms with Gasteiger partial charge in [0, 0.05) is 24.2 Å². The second-order valence-corrected chi connectivity index (χ2v) is 9.07. The highest BCUT2D eigenvalue weighted by Crippen LogP contribution is 2.28. The molecule has 0 aliphatic heterocycles. The van der Waals surface area contributed by atoms with E-state index in [1.807, 2.05) is 41.1 Å². The Morgan fingerprint density at radius 1 is 1.14 bits per heavy atom. The van der Waals surface area contributed by atoms with E-state index in [1.54, 1.807) is 12.4 Å². The lowest BCUT2D eigenvalue weighted by molar-refractivity contribution is 0.825. The predicted molar refractivity (Wildman–Crippen MR) is 116 cm³/mol. The van der Waals surface area contributed by atoms with Crippen molar-refractivity contribution >= 4 is 30.5 Å². The topological polar surface area (TPSA) is 98.4 Å². The molecule has 0 aliphatic carbocycles. The molecule has 8 heteroatoms. The van der Waals surface area contributed by atoms with Gasteiger partial charge in [-0.15, -0.1) is 0 Å². The number of benzene rings is 1. The molecule has 0 amide bonds. The summed E-state index contributed by atoms with van der Waals surface area (Å²) in [5.41, 5.74) is 9.74. The fourth-order valence-corrected chi connectivity index (χ4v) is 3.80. The van der Waals surface area contributed by atoms with Gasteiger partial charge in [0.2, 0.25) is 0 Å². The molecule has 7 nitrogen and oxygen atoms in total. The summed E-state index contributed by atoms with van der Waals surface area (Å²) in [6.45, 7) is 4.91. The molecule has 0 radical (unpaired) electrons. The number of aromatic nitrogens is 4. The average Bonchev–Trinajstić information content (AvgIpc) is 3.16. The van der Waals surface area contributed by atoms with Crippen LogP contribution >= 0.6 is 7.92 Å². The van der Waals surface area contributed by atoms with E-state index in [9.17, 15) is 0 Å². The molecule has 4 aromatic rings. The first kappa shape index (κ1) is 18.3. The van der Waals surface area contributed by atoms with Gasteiger partial charge in [0.25, 0.3) is 0 Å². The minimum absolute atomic E-state index is 0.188. The number of pyridine rings is 1. The van der Waals surface area contributed by atoms with E-state index in [1.165, 1.54) is 10.3 Å². The fourth-order valence-electron chi connectivity index (χ4n) is 3.01. The minimum atomic E-state index is -0.188. The number of hydrazine groups is 1. The van der Waals surface area contributed by atoms with Gasteiger partial charge in [-0.1, -0.05) is 32.2 Å². The molecule has 0 unspecified atom stereocenters. The molecule has 0 spiro atoms. The molecule has 3 heterocycles. The summed E-state index contributed by atoms with van der Waals surface area (Å²) in [6.07, 6.45) is 7.34. The van der Waals surface area contributed by atoms with E-state index in [4.69, 9.17) is 16.6 Å². The van der Waals surface area contributed by atoms with E-state index < -0.39 is 0 Å². The van der Waals surface area contributed by atoms with Crippen molar-refractivity contribution in [1.29, 1.82) is 0 Å². The number of nitrogens with zero attached hydrogens (tertiary/aromatic N) is 5. The maximum Gasteiger partial charge on any atom is 0.186 e. The molecule has 4 N–H and O–H groups in total. The van der Waals surface area contributed by atoms with Gasteiger partial charge in [0.05, 0.1) is 18.4 Å². The first-order valence-corrected chi connectivity index (χ1v) is 11.1. The van der Waals surface area contributed by atoms with Crippen LogP contribution in [0.25, 0.3) is 16.9 Å². The van der Waals surface area contributed by atoms with E-state index in [-0.39, 0.29) is 7.92 Å². The molecule has 0 bridgehead atoms. The summed E-state index contributed by atoms with van der Waals surface area (Å²) in [5.74, 6) is 7.07. The van der Waals surface area contributed by atoms with Gasteiger partial charge in [-0.2, -0.15) is 0 Å². The second-order valence-electron chi connectivity index (χ2n) is 6.77. The number of hydrogen-bond acceptors (Lipinski definition) is 6. The SMILES string of the molecule is CP(C)c1cccc(-c2cnc(N)c(N(N)Cc3ccc4nccn4c3)n2)c1. The van der Waals surface area contributed by atoms with E-state index >= 15 is 0 Å². The van der Waals surface area contributed by atoms with Crippen LogP contribution in [-0.2, 0) is 6.54 Å². The van der Waals surface area contributed by atoms with Crippen LogP contribution in [0.2, 0.25) is 0 Å². The van der Waals surface area contributed by atoms with Crippen molar-refractivity contribution in [3.05, 3.63) is 66.7 Å². The van der Waals surface area contributed by atoms with Crippen molar-refractivity contribution in [1.82, 2.24) is 19.4 Å². The quantitative estimate of drug-likeness (QED) is 0.308. The number of nitrogen functional groups attached to an aromatic ring is 1. The van der Waals surface area contributed by atoms with Gasteiger partial charge < -0.3 is 10.1 Å². The lowest BCUT2D eigenvalue weighted by Crippen LogP contribution is -2.32. The van der Waals surface area contributed by atoms with Crippen LogP contribution in [0.5, 0.6) is 0 Å². The molecule has 0 saturated carbocycles. The largest absolute Gasteiger partial charge is 0.381 e. The van der Waals surface area contributed by atoms with Crippen molar-refractivity contribution < 1.29 is 0 Å². The third-order valence-electron chi connectivity index (χ3n) is 4.51. The molecule has 3 aromatic heterocycles. The van der Waals surface area contributed by atoms with Gasteiger partial charge in [-0.3, -0.25) is 5.01 Å². The maximum atomic E-state index is 6.30. The summed E-state index contributed by atoms with van der Waals surface area (Å²) in [5, 5.41) is 2.84. The molecular formula is C20H22N7P. The predicted octanol–water partition coefficient (Wildman–Crippen LogP) is 2.62. The zero-order chi connectivity index (χ0) is 19.7. The lowest BCUT2D eigenvalue weighted by Gasteiger charge is -2.19. The highest BCUT2D eigenvalue weighted by atomic mass is 31.1. The highest BCUT2D eigenvalue weighted by molar-refractivity contribution is 7.64. The molecule has 0 saturated heterocycles. The van der Waals surface area contributed by atoms with Crippen LogP contribution in [0.15, 0.2) is 61.2 Å². The second kappa shape index (κ2) is 7.54. The number of imidazole rings is 1. The zero-order valence-corrected chi connectivity index (χ0v) is 16.7. The molecule has 4 rings (SSSR count). The van der Waals surface area contributed by atoms with Crippen LogP contribution in [0.3, 0.4) is 0 Å². The number of nitrogens with two attached hydrogens (primary N) is 2. The number of hydrogen-bond donors (Lipinski definition) is 2. The zero-order valence-electron chi connectivity index (χ0n) is 15.8. The number of anilines is 2. The van der Waals surface area contributed by atoms with Crippen molar-refractivity contribution in [2.75, 3.05) is 24.1 Å². The van der Waals surface area contributed by atoms with Crippen LogP contribution in [0.1, 0.15) is 5.56 Å². The average molecular weight is 391 g/mol. The first-order valence-electron chi connectivity index (χ1n) is 8.85. The van der Waals surface area contributed by atoms with Gasteiger partial charge in [-0.25, -0.2) is 20.8 Å². The van der Waals surface area contributed by atoms with Gasteiger partial charge in [0.1, 0.15) is 5.65 Å². The first-order chi connectivity index (χ1) is 13.5. The summed E-state index contributed by atoms with van der Waals surface area (Å²) in [7, 11) is -0.188. The fraction of sp³-hybridized carbons (Fsp3) is 0.150. The molecular weight excluding hydrogens is 369 g/mol. The number of fused-ring (bicyclic) bond motifs is 1. The van der Waals surface area contributed by atoms with Crippen molar-refractivity contribution in [2.24, 2.45) is 5.84 Å². The Balaban J connectivity index is 1.63. The van der Waals surface area contributed by atoms with Gasteiger partial charge in [-0.05, 0) is 36.3 Å². The Morgan fingerprint density at radius 2 is 2.00 bits per heavy atom. The molecule has 28 heavy (non-hydrogen) atoms. The summed E-state index contributed by atoms with van der Waals surface area (Å²) in [6, 6.07) is 12.3. The normalized spacial score (nSPS) is 11.3. The van der Waals surface area contributed by atoms with Crippen molar-refractivity contribution in [3.63, 3.8) is 0 Å².